The molecule has 0 amide bonds. The molecule has 0 aromatic heterocycles. The highest BCUT2D eigenvalue weighted by Gasteiger charge is 2.48. The molecule has 54 heavy (non-hydrogen) atoms. The zero-order valence-corrected chi connectivity index (χ0v) is 30.6. The van der Waals surface area contributed by atoms with Gasteiger partial charge in [0.15, 0.2) is 0 Å². The molecule has 1 spiro atoms. The Bertz CT molecular complexity index is 3030. The lowest BCUT2D eigenvalue weighted by molar-refractivity contribution is 0.626. The van der Waals surface area contributed by atoms with Crippen LogP contribution in [-0.2, 0) is 17.3 Å². The third kappa shape index (κ3) is 3.73. The number of benzene rings is 9. The molecular weight excluding hydrogens is 649 g/mol. The third-order valence-corrected chi connectivity index (χ3v) is 13.5. The first-order chi connectivity index (χ1) is 26.6. The molecule has 0 bridgehead atoms. The third-order valence-electron chi connectivity index (χ3n) is 13.5. The lowest BCUT2D eigenvalue weighted by atomic mass is 9.73. The molecule has 3 aliphatic rings. The normalized spacial score (nSPS) is 17.1. The SMILES string of the molecule is CC1(C)c2ccccc2-c2c1cc(-c1c3ccccc3c(-c3ccc4c(c3)C3(CCc5ccccc53)c3ccccc3-4)c3ccccc13)c1ccccc21. The largest absolute Gasteiger partial charge is 0.0620 e. The van der Waals surface area contributed by atoms with Crippen molar-refractivity contribution in [2.24, 2.45) is 0 Å². The van der Waals surface area contributed by atoms with Gasteiger partial charge in [-0.1, -0.05) is 172 Å². The predicted molar refractivity (Wildman–Crippen MR) is 227 cm³/mol. The summed E-state index contributed by atoms with van der Waals surface area (Å²) in [4.78, 5) is 0. The van der Waals surface area contributed by atoms with E-state index >= 15 is 0 Å². The van der Waals surface area contributed by atoms with Crippen LogP contribution in [0.15, 0.2) is 170 Å². The molecule has 0 fully saturated rings. The monoisotopic (exact) mass is 686 g/mol. The van der Waals surface area contributed by atoms with E-state index in [4.69, 9.17) is 0 Å². The van der Waals surface area contributed by atoms with E-state index in [1.54, 1.807) is 0 Å². The van der Waals surface area contributed by atoms with Gasteiger partial charge in [-0.25, -0.2) is 0 Å². The lowest BCUT2D eigenvalue weighted by Gasteiger charge is -2.29. The molecule has 0 saturated carbocycles. The summed E-state index contributed by atoms with van der Waals surface area (Å²) in [6, 6.07) is 64.7. The zero-order chi connectivity index (χ0) is 35.8. The molecule has 3 aliphatic carbocycles. The Morgan fingerprint density at radius 1 is 0.352 bits per heavy atom. The van der Waals surface area contributed by atoms with Gasteiger partial charge in [0.2, 0.25) is 0 Å². The van der Waals surface area contributed by atoms with Crippen molar-refractivity contribution < 1.29 is 0 Å². The summed E-state index contributed by atoms with van der Waals surface area (Å²) >= 11 is 0. The van der Waals surface area contributed by atoms with Gasteiger partial charge >= 0.3 is 0 Å². The van der Waals surface area contributed by atoms with E-state index in [1.165, 1.54) is 110 Å². The zero-order valence-electron chi connectivity index (χ0n) is 30.6. The average Bonchev–Trinajstić information content (AvgIpc) is 3.83. The predicted octanol–water partition coefficient (Wildman–Crippen LogP) is 14.0. The molecule has 9 aromatic carbocycles. The smallest absolute Gasteiger partial charge is 0.0469 e. The second-order valence-corrected chi connectivity index (χ2v) is 16.3. The van der Waals surface area contributed by atoms with Gasteiger partial charge in [-0.15, -0.1) is 0 Å². The number of hydrogen-bond acceptors (Lipinski definition) is 0. The summed E-state index contributed by atoms with van der Waals surface area (Å²) in [6.45, 7) is 4.80. The summed E-state index contributed by atoms with van der Waals surface area (Å²) in [5.74, 6) is 0. The second-order valence-electron chi connectivity index (χ2n) is 16.3. The molecule has 12 rings (SSSR count). The molecule has 0 nitrogen and oxygen atoms in total. The summed E-state index contributed by atoms with van der Waals surface area (Å²) in [6.07, 6.45) is 2.21. The van der Waals surface area contributed by atoms with Crippen LogP contribution in [0.5, 0.6) is 0 Å². The van der Waals surface area contributed by atoms with Crippen molar-refractivity contribution >= 4 is 32.3 Å². The Balaban J connectivity index is 1.16. The molecule has 254 valence electrons. The maximum Gasteiger partial charge on any atom is 0.0469 e. The van der Waals surface area contributed by atoms with Crippen molar-refractivity contribution in [1.29, 1.82) is 0 Å². The van der Waals surface area contributed by atoms with Crippen molar-refractivity contribution in [3.05, 3.63) is 203 Å². The van der Waals surface area contributed by atoms with Crippen LogP contribution in [0.1, 0.15) is 53.6 Å². The van der Waals surface area contributed by atoms with Crippen LogP contribution in [-0.4, -0.2) is 0 Å². The number of aryl methyl sites for hydroxylation is 1. The summed E-state index contributed by atoms with van der Waals surface area (Å²) in [5.41, 5.74) is 19.2. The Hall–Kier alpha value is -6.24. The first kappa shape index (κ1) is 30.2. The van der Waals surface area contributed by atoms with Crippen molar-refractivity contribution in [1.82, 2.24) is 0 Å². The Morgan fingerprint density at radius 2 is 0.870 bits per heavy atom. The highest BCUT2D eigenvalue weighted by atomic mass is 14.5. The topological polar surface area (TPSA) is 0 Å². The van der Waals surface area contributed by atoms with E-state index < -0.39 is 0 Å². The maximum absolute atomic E-state index is 2.57. The van der Waals surface area contributed by atoms with Crippen LogP contribution in [0.25, 0.3) is 76.8 Å². The number of rotatable bonds is 2. The quantitative estimate of drug-likeness (QED) is 0.159. The van der Waals surface area contributed by atoms with E-state index in [-0.39, 0.29) is 10.8 Å². The Morgan fingerprint density at radius 3 is 1.57 bits per heavy atom. The van der Waals surface area contributed by atoms with Crippen LogP contribution < -0.4 is 0 Å². The van der Waals surface area contributed by atoms with Crippen LogP contribution in [0, 0.1) is 0 Å². The summed E-state index contributed by atoms with van der Waals surface area (Å²) in [7, 11) is 0. The summed E-state index contributed by atoms with van der Waals surface area (Å²) < 4.78 is 0. The van der Waals surface area contributed by atoms with Gasteiger partial charge in [0.05, 0.1) is 0 Å². The molecule has 9 aromatic rings. The minimum absolute atomic E-state index is 0.104. The van der Waals surface area contributed by atoms with Crippen molar-refractivity contribution in [3.8, 4) is 44.5 Å². The van der Waals surface area contributed by atoms with Gasteiger partial charge in [-0.3, -0.25) is 0 Å². The van der Waals surface area contributed by atoms with Crippen LogP contribution >= 0.6 is 0 Å². The molecule has 0 heteroatoms. The van der Waals surface area contributed by atoms with Gasteiger partial charge in [0.25, 0.3) is 0 Å². The summed E-state index contributed by atoms with van der Waals surface area (Å²) in [5, 5.41) is 7.84. The molecule has 1 atom stereocenters. The fourth-order valence-electron chi connectivity index (χ4n) is 11.2. The number of fused-ring (bicyclic) bond motifs is 14. The van der Waals surface area contributed by atoms with Crippen molar-refractivity contribution in [3.63, 3.8) is 0 Å². The first-order valence-corrected chi connectivity index (χ1v) is 19.5. The number of hydrogen-bond donors (Lipinski definition) is 0. The highest BCUT2D eigenvalue weighted by Crippen LogP contribution is 2.60. The average molecular weight is 687 g/mol. The van der Waals surface area contributed by atoms with Gasteiger partial charge in [0.1, 0.15) is 0 Å². The molecule has 0 N–H and O–H groups in total. The fraction of sp³-hybridized carbons (Fsp3) is 0.111. The minimum Gasteiger partial charge on any atom is -0.0620 e. The lowest BCUT2D eigenvalue weighted by Crippen LogP contribution is -2.23. The standard InChI is InChI=1S/C54H38/c1-53(2)46-25-13-11-23-43(46)52-38-18-5-4-16-35(38)44(32-49(52)53)51-41-21-8-6-19-39(41)50(40-20-7-9-22-42(40)51)34-27-28-37-36-17-10-14-26-47(36)54(48(37)31-34)30-29-33-15-3-12-24-45(33)54/h3-28,31-32H,29-30H2,1-2H3. The van der Waals surface area contributed by atoms with Crippen LogP contribution in [0.3, 0.4) is 0 Å². The van der Waals surface area contributed by atoms with Crippen LogP contribution in [0.2, 0.25) is 0 Å². The minimum atomic E-state index is -0.127. The van der Waals surface area contributed by atoms with Gasteiger partial charge in [-0.05, 0) is 135 Å². The van der Waals surface area contributed by atoms with E-state index in [9.17, 15) is 0 Å². The molecule has 0 heterocycles. The Kier molecular flexibility index (Phi) is 5.98. The van der Waals surface area contributed by atoms with E-state index in [0.717, 1.165) is 12.8 Å². The van der Waals surface area contributed by atoms with Gasteiger partial charge in [0, 0.05) is 10.8 Å². The highest BCUT2D eigenvalue weighted by molar-refractivity contribution is 6.24. The van der Waals surface area contributed by atoms with Gasteiger partial charge in [-0.2, -0.15) is 0 Å². The maximum atomic E-state index is 2.57. The molecule has 1 unspecified atom stereocenters. The molecular formula is C54H38. The van der Waals surface area contributed by atoms with Gasteiger partial charge < -0.3 is 0 Å². The Labute approximate surface area is 316 Å². The van der Waals surface area contributed by atoms with Crippen LogP contribution in [0.4, 0.5) is 0 Å². The first-order valence-electron chi connectivity index (χ1n) is 19.5. The van der Waals surface area contributed by atoms with E-state index in [2.05, 4.69) is 184 Å². The van der Waals surface area contributed by atoms with E-state index in [0.29, 0.717) is 0 Å². The fourth-order valence-corrected chi connectivity index (χ4v) is 11.2. The molecule has 0 radical (unpaired) electrons. The second kappa shape index (κ2) is 10.7. The van der Waals surface area contributed by atoms with E-state index in [1.807, 2.05) is 0 Å². The van der Waals surface area contributed by atoms with Crippen molar-refractivity contribution in [2.75, 3.05) is 0 Å². The molecule has 0 saturated heterocycles. The molecule has 0 aliphatic heterocycles. The van der Waals surface area contributed by atoms with Crippen molar-refractivity contribution in [2.45, 2.75) is 37.5 Å².